The predicted octanol–water partition coefficient (Wildman–Crippen LogP) is 1.16. The molecule has 1 aliphatic carbocycles. The molecule has 1 aliphatic rings. The molecule has 19 heavy (non-hydrogen) atoms. The minimum atomic E-state index is -0.259. The van der Waals surface area contributed by atoms with E-state index in [0.29, 0.717) is 0 Å². The SMILES string of the molecule is COCO[C@@H]1[C@H](OCOC)[C@H](C)C=C[C@H]1OCOC. The molecule has 112 valence electrons. The van der Waals surface area contributed by atoms with E-state index in [-0.39, 0.29) is 44.6 Å². The molecule has 0 aliphatic heterocycles. The third-order valence-electron chi connectivity index (χ3n) is 2.91. The second-order valence-corrected chi connectivity index (χ2v) is 4.36. The van der Waals surface area contributed by atoms with Crippen molar-refractivity contribution in [2.75, 3.05) is 41.7 Å². The summed E-state index contributed by atoms with van der Waals surface area (Å²) in [6, 6.07) is 0. The standard InChI is InChI=1S/C13H24O6/c1-10-5-6-11(17-7-14-2)13(19-9-16-4)12(10)18-8-15-3/h5-6,10-13H,7-9H2,1-4H3/t10-,11-,12-,13+/m1/s1. The lowest BCUT2D eigenvalue weighted by atomic mass is 9.89. The van der Waals surface area contributed by atoms with Crippen molar-refractivity contribution in [3.05, 3.63) is 12.2 Å². The van der Waals surface area contributed by atoms with Crippen molar-refractivity contribution in [3.8, 4) is 0 Å². The molecule has 6 nitrogen and oxygen atoms in total. The normalized spacial score (nSPS) is 30.7. The number of rotatable bonds is 9. The van der Waals surface area contributed by atoms with Gasteiger partial charge in [-0.1, -0.05) is 19.1 Å². The Labute approximate surface area is 114 Å². The molecule has 0 spiro atoms. The lowest BCUT2D eigenvalue weighted by Gasteiger charge is -2.37. The monoisotopic (exact) mass is 276 g/mol. The minimum absolute atomic E-state index is 0.151. The molecule has 6 heteroatoms. The van der Waals surface area contributed by atoms with E-state index >= 15 is 0 Å². The smallest absolute Gasteiger partial charge is 0.147 e. The highest BCUT2D eigenvalue weighted by molar-refractivity contribution is 5.07. The molecule has 0 aromatic heterocycles. The van der Waals surface area contributed by atoms with Gasteiger partial charge in [0.05, 0.1) is 6.10 Å². The topological polar surface area (TPSA) is 55.4 Å². The van der Waals surface area contributed by atoms with Gasteiger partial charge in [0.25, 0.3) is 0 Å². The first-order valence-electron chi connectivity index (χ1n) is 6.24. The Balaban J connectivity index is 2.69. The van der Waals surface area contributed by atoms with Crippen LogP contribution in [0.4, 0.5) is 0 Å². The molecule has 0 amide bonds. The van der Waals surface area contributed by atoms with Gasteiger partial charge in [-0.2, -0.15) is 0 Å². The zero-order valence-corrected chi connectivity index (χ0v) is 12.0. The van der Waals surface area contributed by atoms with Crippen molar-refractivity contribution >= 4 is 0 Å². The number of hydrogen-bond donors (Lipinski definition) is 0. The predicted molar refractivity (Wildman–Crippen MR) is 68.6 cm³/mol. The van der Waals surface area contributed by atoms with Crippen molar-refractivity contribution < 1.29 is 28.4 Å². The summed E-state index contributed by atoms with van der Waals surface area (Å²) in [5, 5.41) is 0. The number of methoxy groups -OCH3 is 3. The third kappa shape index (κ3) is 5.18. The molecular weight excluding hydrogens is 252 g/mol. The van der Waals surface area contributed by atoms with E-state index in [1.807, 2.05) is 12.2 Å². The number of hydrogen-bond acceptors (Lipinski definition) is 6. The maximum Gasteiger partial charge on any atom is 0.147 e. The maximum absolute atomic E-state index is 5.69. The van der Waals surface area contributed by atoms with Crippen molar-refractivity contribution in [1.29, 1.82) is 0 Å². The van der Waals surface area contributed by atoms with Gasteiger partial charge in [-0.25, -0.2) is 0 Å². The Hall–Kier alpha value is -0.500. The van der Waals surface area contributed by atoms with Crippen LogP contribution < -0.4 is 0 Å². The molecule has 0 fully saturated rings. The van der Waals surface area contributed by atoms with Crippen molar-refractivity contribution in [2.24, 2.45) is 5.92 Å². The molecule has 0 N–H and O–H groups in total. The Morgan fingerprint density at radius 1 is 0.737 bits per heavy atom. The highest BCUT2D eigenvalue weighted by atomic mass is 16.7. The summed E-state index contributed by atoms with van der Waals surface area (Å²) in [4.78, 5) is 0. The Morgan fingerprint density at radius 2 is 1.26 bits per heavy atom. The zero-order valence-electron chi connectivity index (χ0n) is 12.0. The summed E-state index contributed by atoms with van der Waals surface area (Å²) in [7, 11) is 4.75. The van der Waals surface area contributed by atoms with Gasteiger partial charge in [0.1, 0.15) is 32.6 Å². The molecule has 0 heterocycles. The van der Waals surface area contributed by atoms with E-state index in [0.717, 1.165) is 0 Å². The Kier molecular flexibility index (Phi) is 8.20. The van der Waals surface area contributed by atoms with Gasteiger partial charge in [-0.05, 0) is 0 Å². The summed E-state index contributed by atoms with van der Waals surface area (Å²) in [5.41, 5.74) is 0. The van der Waals surface area contributed by atoms with Crippen LogP contribution in [0, 0.1) is 5.92 Å². The van der Waals surface area contributed by atoms with Crippen molar-refractivity contribution in [2.45, 2.75) is 25.2 Å². The Bertz CT molecular complexity index is 258. The fraction of sp³-hybridized carbons (Fsp3) is 0.846. The average Bonchev–Trinajstić information content (AvgIpc) is 2.42. The van der Waals surface area contributed by atoms with E-state index in [1.54, 1.807) is 21.3 Å². The van der Waals surface area contributed by atoms with E-state index in [2.05, 4.69) is 6.92 Å². The lowest BCUT2D eigenvalue weighted by Crippen LogP contribution is -2.48. The fourth-order valence-corrected chi connectivity index (χ4v) is 2.02. The summed E-state index contributed by atoms with van der Waals surface area (Å²) in [6.07, 6.45) is 3.38. The van der Waals surface area contributed by atoms with E-state index in [9.17, 15) is 0 Å². The second kappa shape index (κ2) is 9.41. The summed E-state index contributed by atoms with van der Waals surface area (Å²) in [5.74, 6) is 0.208. The molecule has 0 aromatic carbocycles. The third-order valence-corrected chi connectivity index (χ3v) is 2.91. The van der Waals surface area contributed by atoms with Gasteiger partial charge in [0.15, 0.2) is 0 Å². The lowest BCUT2D eigenvalue weighted by molar-refractivity contribution is -0.208. The van der Waals surface area contributed by atoms with Crippen LogP contribution in [0.15, 0.2) is 12.2 Å². The molecule has 1 rings (SSSR count). The highest BCUT2D eigenvalue weighted by Crippen LogP contribution is 2.26. The second-order valence-electron chi connectivity index (χ2n) is 4.36. The molecule has 0 bridgehead atoms. The summed E-state index contributed by atoms with van der Waals surface area (Å²) >= 11 is 0. The van der Waals surface area contributed by atoms with E-state index < -0.39 is 0 Å². The van der Waals surface area contributed by atoms with Crippen molar-refractivity contribution in [1.82, 2.24) is 0 Å². The maximum atomic E-state index is 5.69. The van der Waals surface area contributed by atoms with Crippen LogP contribution in [-0.4, -0.2) is 60.0 Å². The van der Waals surface area contributed by atoms with Gasteiger partial charge in [-0.15, -0.1) is 0 Å². The van der Waals surface area contributed by atoms with Crippen LogP contribution in [0.1, 0.15) is 6.92 Å². The molecular formula is C13H24O6. The Morgan fingerprint density at radius 3 is 1.84 bits per heavy atom. The van der Waals surface area contributed by atoms with E-state index in [4.69, 9.17) is 28.4 Å². The van der Waals surface area contributed by atoms with Gasteiger partial charge in [0.2, 0.25) is 0 Å². The molecule has 0 radical (unpaired) electrons. The van der Waals surface area contributed by atoms with E-state index in [1.165, 1.54) is 0 Å². The average molecular weight is 276 g/mol. The molecule has 0 aromatic rings. The van der Waals surface area contributed by atoms with Gasteiger partial charge in [-0.3, -0.25) is 0 Å². The molecule has 0 unspecified atom stereocenters. The van der Waals surface area contributed by atoms with Crippen LogP contribution in [0.3, 0.4) is 0 Å². The van der Waals surface area contributed by atoms with Crippen LogP contribution >= 0.6 is 0 Å². The first-order valence-corrected chi connectivity index (χ1v) is 6.24. The van der Waals surface area contributed by atoms with Crippen LogP contribution in [-0.2, 0) is 28.4 Å². The molecule has 0 saturated heterocycles. The minimum Gasteiger partial charge on any atom is -0.359 e. The van der Waals surface area contributed by atoms with Crippen molar-refractivity contribution in [3.63, 3.8) is 0 Å². The molecule has 4 atom stereocenters. The summed E-state index contributed by atoms with van der Waals surface area (Å²) in [6.45, 7) is 2.66. The number of ether oxygens (including phenoxy) is 6. The highest BCUT2D eigenvalue weighted by Gasteiger charge is 2.37. The van der Waals surface area contributed by atoms with Crippen LogP contribution in [0.25, 0.3) is 0 Å². The molecule has 0 saturated carbocycles. The van der Waals surface area contributed by atoms with Crippen LogP contribution in [0.5, 0.6) is 0 Å². The van der Waals surface area contributed by atoms with Crippen LogP contribution in [0.2, 0.25) is 0 Å². The first-order chi connectivity index (χ1) is 9.24. The van der Waals surface area contributed by atoms with Gasteiger partial charge >= 0.3 is 0 Å². The largest absolute Gasteiger partial charge is 0.359 e. The first kappa shape index (κ1) is 16.6. The van der Waals surface area contributed by atoms with Gasteiger partial charge < -0.3 is 28.4 Å². The quantitative estimate of drug-likeness (QED) is 0.465. The summed E-state index contributed by atoms with van der Waals surface area (Å²) < 4.78 is 31.8. The van der Waals surface area contributed by atoms with Gasteiger partial charge in [0, 0.05) is 27.2 Å². The zero-order chi connectivity index (χ0) is 14.1. The fourth-order valence-electron chi connectivity index (χ4n) is 2.02.